The number of hydrogen-bond donors (Lipinski definition) is 1. The first-order chi connectivity index (χ1) is 7.89. The van der Waals surface area contributed by atoms with Crippen molar-refractivity contribution in [1.29, 1.82) is 0 Å². The number of nitrogens with zero attached hydrogens (tertiary/aromatic N) is 2. The highest BCUT2D eigenvalue weighted by Gasteiger charge is 2.39. The molecule has 1 aliphatic heterocycles. The highest BCUT2D eigenvalue weighted by Crippen LogP contribution is 2.31. The van der Waals surface area contributed by atoms with Crippen molar-refractivity contribution in [3.8, 4) is 0 Å². The Kier molecular flexibility index (Phi) is 3.16. The van der Waals surface area contributed by atoms with E-state index in [1.165, 1.54) is 4.57 Å². The fourth-order valence-corrected chi connectivity index (χ4v) is 2.15. The van der Waals surface area contributed by atoms with Gasteiger partial charge in [0.1, 0.15) is 0 Å². The first-order valence-corrected chi connectivity index (χ1v) is 5.75. The van der Waals surface area contributed by atoms with Crippen LogP contribution in [-0.2, 0) is 25.7 Å². The van der Waals surface area contributed by atoms with Crippen molar-refractivity contribution in [2.24, 2.45) is 5.92 Å². The molecule has 0 bridgehead atoms. The van der Waals surface area contributed by atoms with Crippen molar-refractivity contribution in [3.63, 3.8) is 0 Å². The molecule has 1 aromatic heterocycles. The molecule has 0 spiro atoms. The first-order valence-electron chi connectivity index (χ1n) is 5.75. The Bertz CT molecular complexity index is 407. The molecule has 1 aliphatic rings. The van der Waals surface area contributed by atoms with E-state index in [9.17, 15) is 13.2 Å². The Balaban J connectivity index is 2.47. The molecular weight excluding hydrogens is 231 g/mol. The van der Waals surface area contributed by atoms with Crippen molar-refractivity contribution >= 4 is 0 Å². The Morgan fingerprint density at radius 2 is 2.12 bits per heavy atom. The zero-order valence-electron chi connectivity index (χ0n) is 9.93. The summed E-state index contributed by atoms with van der Waals surface area (Å²) in [7, 11) is 0. The third-order valence-electron chi connectivity index (χ3n) is 2.79. The summed E-state index contributed by atoms with van der Waals surface area (Å²) in [6.45, 7) is 5.34. The molecule has 0 fully saturated rings. The molecule has 2 rings (SSSR count). The van der Waals surface area contributed by atoms with E-state index in [2.05, 4.69) is 10.3 Å². The van der Waals surface area contributed by atoms with Gasteiger partial charge in [-0.1, -0.05) is 13.8 Å². The third-order valence-corrected chi connectivity index (χ3v) is 2.79. The smallest absolute Gasteiger partial charge is 0.324 e. The Morgan fingerprint density at radius 3 is 2.71 bits per heavy atom. The van der Waals surface area contributed by atoms with E-state index >= 15 is 0 Å². The average Bonchev–Trinajstić information content (AvgIpc) is 2.56. The van der Waals surface area contributed by atoms with Crippen molar-refractivity contribution in [3.05, 3.63) is 17.2 Å². The van der Waals surface area contributed by atoms with E-state index in [0.29, 0.717) is 31.7 Å². The van der Waals surface area contributed by atoms with Gasteiger partial charge in [-0.05, 0) is 5.92 Å². The van der Waals surface area contributed by atoms with E-state index in [0.717, 1.165) is 5.69 Å². The maximum absolute atomic E-state index is 12.9. The number of aromatic nitrogens is 2. The summed E-state index contributed by atoms with van der Waals surface area (Å²) < 4.78 is 40.0. The molecule has 0 atom stereocenters. The normalized spacial score (nSPS) is 16.4. The van der Waals surface area contributed by atoms with Crippen LogP contribution in [0.5, 0.6) is 0 Å². The lowest BCUT2D eigenvalue weighted by Crippen LogP contribution is -2.26. The van der Waals surface area contributed by atoms with Crippen molar-refractivity contribution < 1.29 is 13.2 Å². The van der Waals surface area contributed by atoms with Crippen molar-refractivity contribution in [1.82, 2.24) is 14.9 Å². The molecule has 0 aliphatic carbocycles. The molecular formula is C11H16F3N3. The predicted molar refractivity (Wildman–Crippen MR) is 57.5 cm³/mol. The zero-order valence-corrected chi connectivity index (χ0v) is 9.93. The SMILES string of the molecule is CC(C)Cn1c(C(F)(F)F)nc2c1CCNC2. The topological polar surface area (TPSA) is 29.9 Å². The van der Waals surface area contributed by atoms with Crippen molar-refractivity contribution in [2.45, 2.75) is 39.5 Å². The van der Waals surface area contributed by atoms with Crippen LogP contribution in [0.2, 0.25) is 0 Å². The van der Waals surface area contributed by atoms with Crippen molar-refractivity contribution in [2.75, 3.05) is 6.54 Å². The maximum Gasteiger partial charge on any atom is 0.449 e. The first kappa shape index (κ1) is 12.4. The summed E-state index contributed by atoms with van der Waals surface area (Å²) in [5.41, 5.74) is 1.29. The van der Waals surface area contributed by atoms with Crippen LogP contribution < -0.4 is 5.32 Å². The molecule has 96 valence electrons. The second kappa shape index (κ2) is 4.33. The van der Waals surface area contributed by atoms with Gasteiger partial charge in [0.05, 0.1) is 5.69 Å². The van der Waals surface area contributed by atoms with Gasteiger partial charge in [-0.2, -0.15) is 13.2 Å². The monoisotopic (exact) mass is 247 g/mol. The predicted octanol–water partition coefficient (Wildman–Crippen LogP) is 2.20. The highest BCUT2D eigenvalue weighted by molar-refractivity contribution is 5.21. The molecule has 6 heteroatoms. The Hall–Kier alpha value is -1.04. The average molecular weight is 247 g/mol. The molecule has 1 aromatic rings. The van der Waals surface area contributed by atoms with Crippen LogP contribution in [0.25, 0.3) is 0 Å². The number of hydrogen-bond acceptors (Lipinski definition) is 2. The molecule has 0 radical (unpaired) electrons. The maximum atomic E-state index is 12.9. The van der Waals surface area contributed by atoms with Gasteiger partial charge in [0, 0.05) is 31.7 Å². The number of alkyl halides is 3. The molecule has 17 heavy (non-hydrogen) atoms. The van der Waals surface area contributed by atoms with Crippen LogP contribution >= 0.6 is 0 Å². The van der Waals surface area contributed by atoms with Gasteiger partial charge < -0.3 is 9.88 Å². The van der Waals surface area contributed by atoms with Crippen LogP contribution in [0, 0.1) is 5.92 Å². The van der Waals surface area contributed by atoms with Gasteiger partial charge in [-0.3, -0.25) is 0 Å². The van der Waals surface area contributed by atoms with Crippen LogP contribution in [-0.4, -0.2) is 16.1 Å². The lowest BCUT2D eigenvalue weighted by Gasteiger charge is -2.18. The molecule has 1 N–H and O–H groups in total. The molecule has 0 unspecified atom stereocenters. The molecule has 3 nitrogen and oxygen atoms in total. The van der Waals surface area contributed by atoms with E-state index in [1.807, 2.05) is 13.8 Å². The standard InChI is InChI=1S/C11H16F3N3/c1-7(2)6-17-9-3-4-15-5-8(9)16-10(17)11(12,13)14/h7,15H,3-6H2,1-2H3. The second-order valence-corrected chi connectivity index (χ2v) is 4.76. The van der Waals surface area contributed by atoms with Crippen LogP contribution in [0.4, 0.5) is 13.2 Å². The van der Waals surface area contributed by atoms with Crippen LogP contribution in [0.3, 0.4) is 0 Å². The minimum Gasteiger partial charge on any atom is -0.324 e. The van der Waals surface area contributed by atoms with E-state index in [4.69, 9.17) is 0 Å². The van der Waals surface area contributed by atoms with Gasteiger partial charge >= 0.3 is 6.18 Å². The molecule has 0 saturated carbocycles. The van der Waals surface area contributed by atoms with Gasteiger partial charge in [-0.15, -0.1) is 0 Å². The largest absolute Gasteiger partial charge is 0.449 e. The van der Waals surface area contributed by atoms with Gasteiger partial charge in [0.15, 0.2) is 0 Å². The minimum atomic E-state index is -4.37. The minimum absolute atomic E-state index is 0.171. The van der Waals surface area contributed by atoms with Gasteiger partial charge in [0.25, 0.3) is 0 Å². The lowest BCUT2D eigenvalue weighted by molar-refractivity contribution is -0.147. The number of nitrogens with one attached hydrogen (secondary N) is 1. The number of halogens is 3. The summed E-state index contributed by atoms with van der Waals surface area (Å²) in [5, 5.41) is 3.04. The third kappa shape index (κ3) is 2.46. The summed E-state index contributed by atoms with van der Waals surface area (Å²) in [6, 6.07) is 0. The number of rotatable bonds is 2. The number of imidazole rings is 1. The highest BCUT2D eigenvalue weighted by atomic mass is 19.4. The lowest BCUT2D eigenvalue weighted by atomic mass is 10.1. The van der Waals surface area contributed by atoms with Crippen LogP contribution in [0.15, 0.2) is 0 Å². The zero-order chi connectivity index (χ0) is 12.6. The summed E-state index contributed by atoms with van der Waals surface area (Å²) in [5.74, 6) is -0.579. The summed E-state index contributed by atoms with van der Waals surface area (Å²) in [6.07, 6.45) is -3.75. The van der Waals surface area contributed by atoms with Gasteiger partial charge in [-0.25, -0.2) is 4.98 Å². The van der Waals surface area contributed by atoms with E-state index in [1.54, 1.807) is 0 Å². The van der Waals surface area contributed by atoms with Crippen LogP contribution in [0.1, 0.15) is 31.1 Å². The molecule has 0 saturated heterocycles. The Labute approximate surface area is 98.0 Å². The fourth-order valence-electron chi connectivity index (χ4n) is 2.15. The summed E-state index contributed by atoms with van der Waals surface area (Å²) >= 11 is 0. The number of fused-ring (bicyclic) bond motifs is 1. The Morgan fingerprint density at radius 1 is 1.41 bits per heavy atom. The molecule has 0 amide bonds. The summed E-state index contributed by atoms with van der Waals surface area (Å²) in [4.78, 5) is 3.75. The van der Waals surface area contributed by atoms with Gasteiger partial charge in [0.2, 0.25) is 5.82 Å². The second-order valence-electron chi connectivity index (χ2n) is 4.76. The quantitative estimate of drug-likeness (QED) is 0.868. The van der Waals surface area contributed by atoms with E-state index < -0.39 is 12.0 Å². The van der Waals surface area contributed by atoms with E-state index in [-0.39, 0.29) is 5.92 Å². The fraction of sp³-hybridized carbons (Fsp3) is 0.727. The molecule has 2 heterocycles. The molecule has 0 aromatic carbocycles.